The second-order valence-electron chi connectivity index (χ2n) is 10.1. The van der Waals surface area contributed by atoms with Crippen LogP contribution < -0.4 is 5.32 Å². The van der Waals surface area contributed by atoms with E-state index in [1.165, 1.54) is 0 Å². The van der Waals surface area contributed by atoms with Crippen molar-refractivity contribution in [1.29, 1.82) is 0 Å². The Morgan fingerprint density at radius 2 is 1.61 bits per heavy atom. The minimum absolute atomic E-state index is 0.118. The molecule has 1 fully saturated rings. The number of aryl methyl sites for hydroxylation is 1. The number of hydrogen-bond acceptors (Lipinski definition) is 5. The first-order valence-electron chi connectivity index (χ1n) is 12.7. The summed E-state index contributed by atoms with van der Waals surface area (Å²) in [6.45, 7) is 4.98. The molecule has 1 aliphatic carbocycles. The normalized spacial score (nSPS) is 17.9. The Bertz CT molecular complexity index is 1310. The largest absolute Gasteiger partial charge is 0.356 e. The molecular formula is C28H33N7O. The van der Waals surface area contributed by atoms with Crippen LogP contribution in [0.25, 0.3) is 33.6 Å². The van der Waals surface area contributed by atoms with Crippen LogP contribution in [-0.4, -0.2) is 42.0 Å². The van der Waals surface area contributed by atoms with Crippen LogP contribution in [0.3, 0.4) is 0 Å². The standard InChI is InChI=1S/C28H33N7O/c1-19(2)12-31-28(36)20-7-9-26(10-8-20)35-18-25(16-33-35)23-13-29-27(30-14-23)22-6-4-5-21(11-22)24-15-32-34(3)17-24/h4-6,11,13-20,26H,7-10,12H2,1-3H3,(H,31,36). The van der Waals surface area contributed by atoms with Gasteiger partial charge in [0.25, 0.3) is 0 Å². The van der Waals surface area contributed by atoms with Crippen molar-refractivity contribution in [2.75, 3.05) is 6.54 Å². The first kappa shape index (κ1) is 23.9. The third-order valence-corrected chi connectivity index (χ3v) is 6.87. The van der Waals surface area contributed by atoms with Gasteiger partial charge in [-0.25, -0.2) is 9.97 Å². The SMILES string of the molecule is CC(C)CNC(=O)C1CCC(n2cc(-c3cnc(-c4cccc(-c5cnn(C)c5)c4)nc3)cn2)CC1. The molecule has 1 N–H and O–H groups in total. The highest BCUT2D eigenvalue weighted by Crippen LogP contribution is 2.33. The van der Waals surface area contributed by atoms with Gasteiger partial charge < -0.3 is 5.32 Å². The Labute approximate surface area is 211 Å². The van der Waals surface area contributed by atoms with Crippen molar-refractivity contribution in [1.82, 2.24) is 34.8 Å². The van der Waals surface area contributed by atoms with Gasteiger partial charge in [0.05, 0.1) is 18.4 Å². The fraction of sp³-hybridized carbons (Fsp3) is 0.393. The highest BCUT2D eigenvalue weighted by molar-refractivity contribution is 5.78. The van der Waals surface area contributed by atoms with E-state index in [0.29, 0.717) is 17.8 Å². The zero-order valence-electron chi connectivity index (χ0n) is 21.1. The summed E-state index contributed by atoms with van der Waals surface area (Å²) in [4.78, 5) is 21.7. The van der Waals surface area contributed by atoms with Crippen LogP contribution in [-0.2, 0) is 11.8 Å². The number of carbonyl (C=O) groups is 1. The van der Waals surface area contributed by atoms with Gasteiger partial charge in [0.15, 0.2) is 5.82 Å². The summed E-state index contributed by atoms with van der Waals surface area (Å²) in [6, 6.07) is 8.51. The van der Waals surface area contributed by atoms with Crippen molar-refractivity contribution < 1.29 is 4.79 Å². The third kappa shape index (κ3) is 5.37. The van der Waals surface area contributed by atoms with Gasteiger partial charge in [-0.3, -0.25) is 14.2 Å². The van der Waals surface area contributed by atoms with Crippen LogP contribution in [0.2, 0.25) is 0 Å². The van der Waals surface area contributed by atoms with Gasteiger partial charge in [0.1, 0.15) is 0 Å². The Morgan fingerprint density at radius 1 is 0.917 bits per heavy atom. The van der Waals surface area contributed by atoms with E-state index in [0.717, 1.165) is 60.0 Å². The van der Waals surface area contributed by atoms with Gasteiger partial charge in [-0.2, -0.15) is 10.2 Å². The average molecular weight is 484 g/mol. The molecule has 186 valence electrons. The Balaban J connectivity index is 1.23. The van der Waals surface area contributed by atoms with Crippen molar-refractivity contribution in [3.05, 3.63) is 61.4 Å². The molecule has 0 bridgehead atoms. The highest BCUT2D eigenvalue weighted by atomic mass is 16.1. The fourth-order valence-corrected chi connectivity index (χ4v) is 4.77. The molecular weight excluding hydrogens is 450 g/mol. The monoisotopic (exact) mass is 483 g/mol. The number of carbonyl (C=O) groups excluding carboxylic acids is 1. The lowest BCUT2D eigenvalue weighted by Gasteiger charge is -2.28. The molecule has 0 atom stereocenters. The maximum atomic E-state index is 12.4. The molecule has 0 spiro atoms. The summed E-state index contributed by atoms with van der Waals surface area (Å²) in [7, 11) is 1.91. The first-order valence-corrected chi connectivity index (χ1v) is 12.7. The topological polar surface area (TPSA) is 90.5 Å². The minimum Gasteiger partial charge on any atom is -0.356 e. The van der Waals surface area contributed by atoms with Gasteiger partial charge in [-0.05, 0) is 43.2 Å². The summed E-state index contributed by atoms with van der Waals surface area (Å²) in [5, 5.41) is 12.0. The number of benzene rings is 1. The van der Waals surface area contributed by atoms with E-state index in [1.807, 2.05) is 54.8 Å². The number of amides is 1. The molecule has 4 aromatic rings. The molecule has 8 heteroatoms. The van der Waals surface area contributed by atoms with E-state index in [4.69, 9.17) is 0 Å². The molecule has 0 unspecified atom stereocenters. The lowest BCUT2D eigenvalue weighted by atomic mass is 9.85. The molecule has 5 rings (SSSR count). The predicted molar refractivity (Wildman–Crippen MR) is 140 cm³/mol. The van der Waals surface area contributed by atoms with Gasteiger partial charge >= 0.3 is 0 Å². The summed E-state index contributed by atoms with van der Waals surface area (Å²) < 4.78 is 3.84. The lowest BCUT2D eigenvalue weighted by molar-refractivity contribution is -0.126. The van der Waals surface area contributed by atoms with Crippen molar-refractivity contribution >= 4 is 5.91 Å². The first-order chi connectivity index (χ1) is 17.5. The molecule has 1 aliphatic rings. The molecule has 0 saturated heterocycles. The minimum atomic E-state index is 0.118. The van der Waals surface area contributed by atoms with E-state index in [9.17, 15) is 4.79 Å². The van der Waals surface area contributed by atoms with E-state index in [-0.39, 0.29) is 11.8 Å². The lowest BCUT2D eigenvalue weighted by Crippen LogP contribution is -2.35. The third-order valence-electron chi connectivity index (χ3n) is 6.87. The van der Waals surface area contributed by atoms with E-state index in [1.54, 1.807) is 4.68 Å². The number of nitrogens with zero attached hydrogens (tertiary/aromatic N) is 6. The maximum Gasteiger partial charge on any atom is 0.223 e. The molecule has 0 aliphatic heterocycles. The van der Waals surface area contributed by atoms with E-state index in [2.05, 4.69) is 57.7 Å². The van der Waals surface area contributed by atoms with Crippen LogP contribution >= 0.6 is 0 Å². The predicted octanol–water partition coefficient (Wildman–Crippen LogP) is 4.91. The number of nitrogens with one attached hydrogen (secondary N) is 1. The average Bonchev–Trinajstić information content (AvgIpc) is 3.57. The molecule has 3 heterocycles. The quantitative estimate of drug-likeness (QED) is 0.403. The number of aromatic nitrogens is 6. The van der Waals surface area contributed by atoms with Crippen LogP contribution in [0.15, 0.2) is 61.4 Å². The summed E-state index contributed by atoms with van der Waals surface area (Å²) in [6.07, 6.45) is 15.2. The smallest absolute Gasteiger partial charge is 0.223 e. The molecule has 36 heavy (non-hydrogen) atoms. The van der Waals surface area contributed by atoms with E-state index >= 15 is 0 Å². The van der Waals surface area contributed by atoms with Crippen LogP contribution in [0, 0.1) is 11.8 Å². The second-order valence-corrected chi connectivity index (χ2v) is 10.1. The van der Waals surface area contributed by atoms with Gasteiger partial charge in [-0.1, -0.05) is 32.0 Å². The molecule has 1 saturated carbocycles. The van der Waals surface area contributed by atoms with Crippen LogP contribution in [0.4, 0.5) is 0 Å². The van der Waals surface area contributed by atoms with Crippen molar-refractivity contribution in [2.45, 2.75) is 45.6 Å². The van der Waals surface area contributed by atoms with Gasteiger partial charge in [0.2, 0.25) is 5.91 Å². The van der Waals surface area contributed by atoms with Gasteiger partial charge in [0, 0.05) is 66.6 Å². The maximum absolute atomic E-state index is 12.4. The molecule has 0 radical (unpaired) electrons. The number of hydrogen-bond donors (Lipinski definition) is 1. The summed E-state index contributed by atoms with van der Waals surface area (Å²) in [5.74, 6) is 1.48. The molecule has 1 aromatic carbocycles. The Morgan fingerprint density at radius 3 is 2.31 bits per heavy atom. The molecule has 8 nitrogen and oxygen atoms in total. The van der Waals surface area contributed by atoms with Crippen LogP contribution in [0.5, 0.6) is 0 Å². The Hall–Kier alpha value is -3.81. The zero-order chi connectivity index (χ0) is 25.1. The zero-order valence-corrected chi connectivity index (χ0v) is 21.1. The summed E-state index contributed by atoms with van der Waals surface area (Å²) in [5.41, 5.74) is 5.06. The molecule has 1 amide bonds. The number of rotatable bonds is 7. The van der Waals surface area contributed by atoms with E-state index < -0.39 is 0 Å². The van der Waals surface area contributed by atoms with Crippen LogP contribution in [0.1, 0.15) is 45.6 Å². The fourth-order valence-electron chi connectivity index (χ4n) is 4.77. The van der Waals surface area contributed by atoms with Gasteiger partial charge in [-0.15, -0.1) is 0 Å². The molecule has 3 aromatic heterocycles. The van der Waals surface area contributed by atoms with Crippen molar-refractivity contribution in [3.63, 3.8) is 0 Å². The Kier molecular flexibility index (Phi) is 6.93. The van der Waals surface area contributed by atoms with Crippen molar-refractivity contribution in [2.24, 2.45) is 18.9 Å². The second kappa shape index (κ2) is 10.4. The highest BCUT2D eigenvalue weighted by Gasteiger charge is 2.27. The van der Waals surface area contributed by atoms with Crippen molar-refractivity contribution in [3.8, 4) is 33.6 Å². The summed E-state index contributed by atoms with van der Waals surface area (Å²) >= 11 is 0.